The Morgan fingerprint density at radius 1 is 1.33 bits per heavy atom. The third-order valence-corrected chi connectivity index (χ3v) is 3.15. The maximum absolute atomic E-state index is 12.1. The van der Waals surface area contributed by atoms with Crippen LogP contribution in [0.4, 0.5) is 5.69 Å². The van der Waals surface area contributed by atoms with Crippen molar-refractivity contribution in [3.63, 3.8) is 0 Å². The van der Waals surface area contributed by atoms with Crippen LogP contribution in [0.15, 0.2) is 40.3 Å². The molecule has 1 amide bonds. The first-order chi connectivity index (χ1) is 9.99. The van der Waals surface area contributed by atoms with Crippen LogP contribution in [0.25, 0.3) is 6.08 Å². The van der Waals surface area contributed by atoms with Gasteiger partial charge in [-0.15, -0.1) is 0 Å². The number of carbonyl (C=O) groups excluding carboxylic acids is 1. The number of nitriles is 1. The number of nitrogens with zero attached hydrogens (tertiary/aromatic N) is 1. The molecule has 1 aromatic carbocycles. The van der Waals surface area contributed by atoms with Crippen molar-refractivity contribution in [2.75, 3.05) is 5.32 Å². The highest BCUT2D eigenvalue weighted by atomic mass is 35.5. The molecule has 1 aromatic heterocycles. The summed E-state index contributed by atoms with van der Waals surface area (Å²) in [5.74, 6) is 0.531. The average molecular weight is 321 g/mol. The van der Waals surface area contributed by atoms with Gasteiger partial charge in [-0.2, -0.15) is 5.26 Å². The molecule has 0 saturated carbocycles. The minimum absolute atomic E-state index is 0.0969. The first-order valence-electron chi connectivity index (χ1n) is 5.94. The Hall–Kier alpha value is -2.22. The van der Waals surface area contributed by atoms with E-state index in [0.717, 1.165) is 0 Å². The van der Waals surface area contributed by atoms with Gasteiger partial charge in [0.15, 0.2) is 0 Å². The van der Waals surface area contributed by atoms with Crippen LogP contribution in [-0.2, 0) is 4.79 Å². The number of hydrogen-bond acceptors (Lipinski definition) is 3. The second kappa shape index (κ2) is 6.49. The molecule has 0 radical (unpaired) electrons. The van der Waals surface area contributed by atoms with E-state index in [2.05, 4.69) is 5.32 Å². The van der Waals surface area contributed by atoms with Crippen molar-refractivity contribution in [3.05, 3.63) is 57.5 Å². The highest BCUT2D eigenvalue weighted by Gasteiger charge is 2.12. The first-order valence-corrected chi connectivity index (χ1v) is 6.70. The lowest BCUT2D eigenvalue weighted by molar-refractivity contribution is -0.112. The highest BCUT2D eigenvalue weighted by molar-refractivity contribution is 6.36. The van der Waals surface area contributed by atoms with Gasteiger partial charge in [0.25, 0.3) is 5.91 Å². The molecule has 2 rings (SSSR count). The maximum atomic E-state index is 12.1. The number of amides is 1. The van der Waals surface area contributed by atoms with E-state index in [1.54, 1.807) is 31.2 Å². The quantitative estimate of drug-likeness (QED) is 0.671. The molecule has 0 spiro atoms. The second-order valence-electron chi connectivity index (χ2n) is 4.20. The molecule has 21 heavy (non-hydrogen) atoms. The van der Waals surface area contributed by atoms with Gasteiger partial charge in [0, 0.05) is 11.1 Å². The van der Waals surface area contributed by atoms with E-state index in [9.17, 15) is 4.79 Å². The number of anilines is 1. The summed E-state index contributed by atoms with van der Waals surface area (Å²) in [4.78, 5) is 12.1. The maximum Gasteiger partial charge on any atom is 0.266 e. The molecule has 2 aromatic rings. The second-order valence-corrected chi connectivity index (χ2v) is 5.04. The van der Waals surface area contributed by atoms with E-state index in [1.807, 2.05) is 6.07 Å². The van der Waals surface area contributed by atoms with Gasteiger partial charge in [-0.05, 0) is 37.3 Å². The summed E-state index contributed by atoms with van der Waals surface area (Å²) < 4.78 is 5.30. The van der Waals surface area contributed by atoms with Crippen molar-refractivity contribution < 1.29 is 9.21 Å². The Labute approximate surface area is 131 Å². The Bertz CT molecular complexity index is 757. The zero-order valence-corrected chi connectivity index (χ0v) is 12.5. The molecule has 6 heteroatoms. The Morgan fingerprint density at radius 3 is 2.71 bits per heavy atom. The van der Waals surface area contributed by atoms with E-state index in [1.165, 1.54) is 12.1 Å². The molecule has 1 heterocycles. The number of halogens is 2. The summed E-state index contributed by atoms with van der Waals surface area (Å²) in [6.07, 6.45) is 1.36. The predicted octanol–water partition coefficient (Wildman–Crippen LogP) is 4.44. The zero-order chi connectivity index (χ0) is 15.4. The topological polar surface area (TPSA) is 66.0 Å². The molecule has 0 aliphatic rings. The van der Waals surface area contributed by atoms with Crippen LogP contribution >= 0.6 is 23.2 Å². The number of benzene rings is 1. The molecule has 4 nitrogen and oxygen atoms in total. The van der Waals surface area contributed by atoms with E-state index >= 15 is 0 Å². The molecule has 0 aliphatic heterocycles. The van der Waals surface area contributed by atoms with Crippen molar-refractivity contribution in [2.45, 2.75) is 6.92 Å². The van der Waals surface area contributed by atoms with Crippen LogP contribution < -0.4 is 5.32 Å². The van der Waals surface area contributed by atoms with Crippen LogP contribution in [0.5, 0.6) is 0 Å². The molecule has 0 atom stereocenters. The van der Waals surface area contributed by atoms with Crippen molar-refractivity contribution in [2.24, 2.45) is 0 Å². The fourth-order valence-electron chi connectivity index (χ4n) is 1.60. The SMILES string of the molecule is Cc1ccc(C=C(C#N)C(=O)Nc2cc(Cl)ccc2Cl)o1. The summed E-state index contributed by atoms with van der Waals surface area (Å²) in [5, 5.41) is 12.4. The predicted molar refractivity (Wildman–Crippen MR) is 82.1 cm³/mol. The monoisotopic (exact) mass is 320 g/mol. The number of aryl methyl sites for hydroxylation is 1. The number of rotatable bonds is 3. The van der Waals surface area contributed by atoms with Crippen LogP contribution in [0, 0.1) is 18.3 Å². The third kappa shape index (κ3) is 3.88. The average Bonchev–Trinajstić information content (AvgIpc) is 2.85. The lowest BCUT2D eigenvalue weighted by Crippen LogP contribution is -2.13. The van der Waals surface area contributed by atoms with Crippen LogP contribution in [0.1, 0.15) is 11.5 Å². The first kappa shape index (κ1) is 15.2. The van der Waals surface area contributed by atoms with Gasteiger partial charge in [-0.3, -0.25) is 4.79 Å². The van der Waals surface area contributed by atoms with E-state index in [0.29, 0.717) is 27.3 Å². The molecule has 0 unspecified atom stereocenters. The van der Waals surface area contributed by atoms with E-state index < -0.39 is 5.91 Å². The fourth-order valence-corrected chi connectivity index (χ4v) is 1.94. The van der Waals surface area contributed by atoms with Gasteiger partial charge in [-0.25, -0.2) is 0 Å². The molecule has 1 N–H and O–H groups in total. The highest BCUT2D eigenvalue weighted by Crippen LogP contribution is 2.26. The van der Waals surface area contributed by atoms with Gasteiger partial charge >= 0.3 is 0 Å². The lowest BCUT2D eigenvalue weighted by atomic mass is 10.2. The van der Waals surface area contributed by atoms with Crippen molar-refractivity contribution in [3.8, 4) is 6.07 Å². The Balaban J connectivity index is 2.23. The minimum atomic E-state index is -0.587. The van der Waals surface area contributed by atoms with Gasteiger partial charge in [0.05, 0.1) is 10.7 Å². The molecule has 0 saturated heterocycles. The summed E-state index contributed by atoms with van der Waals surface area (Å²) >= 11 is 11.8. The summed E-state index contributed by atoms with van der Waals surface area (Å²) in [6.45, 7) is 1.77. The summed E-state index contributed by atoms with van der Waals surface area (Å²) in [7, 11) is 0. The van der Waals surface area contributed by atoms with Gasteiger partial charge < -0.3 is 9.73 Å². The van der Waals surface area contributed by atoms with Crippen LogP contribution in [0.3, 0.4) is 0 Å². The minimum Gasteiger partial charge on any atom is -0.462 e. The molecule has 0 aliphatic carbocycles. The van der Waals surface area contributed by atoms with Gasteiger partial charge in [0.1, 0.15) is 23.2 Å². The molecular weight excluding hydrogens is 311 g/mol. The van der Waals surface area contributed by atoms with E-state index in [-0.39, 0.29) is 5.57 Å². The molecule has 0 bridgehead atoms. The molecule has 106 valence electrons. The Kier molecular flexibility index (Phi) is 4.69. The van der Waals surface area contributed by atoms with Gasteiger partial charge in [0.2, 0.25) is 0 Å². The van der Waals surface area contributed by atoms with Crippen LogP contribution in [-0.4, -0.2) is 5.91 Å². The Morgan fingerprint density at radius 2 is 2.10 bits per heavy atom. The van der Waals surface area contributed by atoms with Crippen LogP contribution in [0.2, 0.25) is 10.0 Å². The lowest BCUT2D eigenvalue weighted by Gasteiger charge is -2.06. The number of nitrogens with one attached hydrogen (secondary N) is 1. The van der Waals surface area contributed by atoms with E-state index in [4.69, 9.17) is 32.9 Å². The standard InChI is InChI=1S/C15H10Cl2N2O2/c1-9-2-4-12(21-9)6-10(8-18)15(20)19-14-7-11(16)3-5-13(14)17/h2-7H,1H3,(H,19,20). The van der Waals surface area contributed by atoms with Gasteiger partial charge in [-0.1, -0.05) is 23.2 Å². The smallest absolute Gasteiger partial charge is 0.266 e. The normalized spacial score (nSPS) is 11.0. The largest absolute Gasteiger partial charge is 0.462 e. The number of hydrogen-bond donors (Lipinski definition) is 1. The third-order valence-electron chi connectivity index (χ3n) is 2.59. The summed E-state index contributed by atoms with van der Waals surface area (Å²) in [5.41, 5.74) is 0.242. The van der Waals surface area contributed by atoms with Crippen molar-refractivity contribution in [1.29, 1.82) is 5.26 Å². The number of carbonyl (C=O) groups is 1. The fraction of sp³-hybridized carbons (Fsp3) is 0.0667. The summed E-state index contributed by atoms with van der Waals surface area (Å²) in [6, 6.07) is 9.91. The zero-order valence-electron chi connectivity index (χ0n) is 11.0. The van der Waals surface area contributed by atoms with Crippen molar-refractivity contribution in [1.82, 2.24) is 0 Å². The molecule has 0 fully saturated rings. The number of furan rings is 1. The van der Waals surface area contributed by atoms with Crippen molar-refractivity contribution >= 4 is 40.9 Å². The molecular formula is C15H10Cl2N2O2.